The number of H-pyrrole nitrogens is 1. The van der Waals surface area contributed by atoms with Gasteiger partial charge < -0.3 is 10.3 Å². The maximum absolute atomic E-state index is 12.5. The molecule has 0 saturated heterocycles. The van der Waals surface area contributed by atoms with Gasteiger partial charge in [-0.3, -0.25) is 9.48 Å². The third-order valence-corrected chi connectivity index (χ3v) is 4.10. The predicted octanol–water partition coefficient (Wildman–Crippen LogP) is 3.17. The summed E-state index contributed by atoms with van der Waals surface area (Å²) in [5.74, 6) is 1.17. The van der Waals surface area contributed by atoms with Gasteiger partial charge in [-0.15, -0.1) is 0 Å². The van der Waals surface area contributed by atoms with Crippen molar-refractivity contribution in [3.63, 3.8) is 0 Å². The number of benzene rings is 1. The Morgan fingerprint density at radius 2 is 2.12 bits per heavy atom. The van der Waals surface area contributed by atoms with Crippen LogP contribution in [0, 0.1) is 12.8 Å². The minimum Gasteiger partial charge on any atom is -0.348 e. The zero-order chi connectivity index (χ0) is 17.8. The predicted molar refractivity (Wildman–Crippen MR) is 97.0 cm³/mol. The maximum atomic E-state index is 12.5. The van der Waals surface area contributed by atoms with Crippen molar-refractivity contribution in [1.82, 2.24) is 25.1 Å². The minimum absolute atomic E-state index is 0.109. The van der Waals surface area contributed by atoms with Crippen LogP contribution in [-0.4, -0.2) is 25.7 Å². The number of hydrogen-bond donors (Lipinski definition) is 2. The van der Waals surface area contributed by atoms with E-state index in [1.807, 2.05) is 35.9 Å². The number of aromatic nitrogens is 4. The number of aromatic amines is 1. The van der Waals surface area contributed by atoms with Gasteiger partial charge in [0.1, 0.15) is 5.82 Å². The summed E-state index contributed by atoms with van der Waals surface area (Å²) in [6, 6.07) is 7.91. The van der Waals surface area contributed by atoms with Crippen molar-refractivity contribution in [2.45, 2.75) is 33.9 Å². The Hall–Kier alpha value is -2.89. The van der Waals surface area contributed by atoms with Crippen molar-refractivity contribution in [1.29, 1.82) is 0 Å². The lowest BCUT2D eigenvalue weighted by Crippen LogP contribution is -2.23. The summed E-state index contributed by atoms with van der Waals surface area (Å²) in [7, 11) is 0. The van der Waals surface area contributed by atoms with E-state index < -0.39 is 0 Å². The van der Waals surface area contributed by atoms with E-state index in [9.17, 15) is 4.79 Å². The van der Waals surface area contributed by atoms with Crippen molar-refractivity contribution in [2.75, 3.05) is 0 Å². The topological polar surface area (TPSA) is 75.6 Å². The third kappa shape index (κ3) is 3.79. The highest BCUT2D eigenvalue weighted by Gasteiger charge is 2.15. The molecule has 3 rings (SSSR count). The normalized spacial score (nSPS) is 11.0. The molecule has 2 heterocycles. The molecule has 3 aromatic rings. The zero-order valence-electron chi connectivity index (χ0n) is 14.8. The van der Waals surface area contributed by atoms with Crippen LogP contribution in [0.3, 0.4) is 0 Å². The van der Waals surface area contributed by atoms with E-state index in [0.717, 1.165) is 29.2 Å². The summed E-state index contributed by atoms with van der Waals surface area (Å²) < 4.78 is 1.89. The van der Waals surface area contributed by atoms with E-state index >= 15 is 0 Å². The molecule has 0 fully saturated rings. The Bertz CT molecular complexity index is 849. The van der Waals surface area contributed by atoms with E-state index in [2.05, 4.69) is 34.2 Å². The molecule has 1 amide bonds. The maximum Gasteiger partial charge on any atom is 0.255 e. The highest BCUT2D eigenvalue weighted by molar-refractivity contribution is 5.95. The molecule has 0 aliphatic carbocycles. The van der Waals surface area contributed by atoms with Crippen LogP contribution in [0.1, 0.15) is 35.5 Å². The van der Waals surface area contributed by atoms with Gasteiger partial charge in [0, 0.05) is 36.7 Å². The van der Waals surface area contributed by atoms with Gasteiger partial charge in [-0.2, -0.15) is 5.10 Å². The molecule has 6 nitrogen and oxygen atoms in total. The van der Waals surface area contributed by atoms with Crippen molar-refractivity contribution in [2.24, 2.45) is 5.92 Å². The molecule has 1 aromatic carbocycles. The van der Waals surface area contributed by atoms with Gasteiger partial charge in [0.25, 0.3) is 5.91 Å². The standard InChI is InChI=1S/C19H23N5O/c1-13(2)12-24-14(3)17(11-23-24)19(25)22-10-15-6-4-5-7-16(15)18-20-8-9-21-18/h4-9,11,13H,10,12H2,1-3H3,(H,20,21)(H,22,25). The fourth-order valence-electron chi connectivity index (χ4n) is 2.79. The van der Waals surface area contributed by atoms with Crippen LogP contribution in [0.5, 0.6) is 0 Å². The van der Waals surface area contributed by atoms with Crippen molar-refractivity contribution in [3.05, 3.63) is 59.7 Å². The first-order valence-electron chi connectivity index (χ1n) is 8.44. The largest absolute Gasteiger partial charge is 0.348 e. The number of amides is 1. The van der Waals surface area contributed by atoms with E-state index in [1.165, 1.54) is 0 Å². The number of carbonyl (C=O) groups is 1. The van der Waals surface area contributed by atoms with E-state index in [-0.39, 0.29) is 5.91 Å². The number of rotatable bonds is 6. The first-order chi connectivity index (χ1) is 12.1. The van der Waals surface area contributed by atoms with Gasteiger partial charge in [0.05, 0.1) is 11.8 Å². The molecule has 0 aliphatic rings. The fraction of sp³-hybridized carbons (Fsp3) is 0.316. The van der Waals surface area contributed by atoms with Crippen LogP contribution in [0.25, 0.3) is 11.4 Å². The molecule has 0 atom stereocenters. The van der Waals surface area contributed by atoms with Crippen LogP contribution in [0.2, 0.25) is 0 Å². The first kappa shape index (κ1) is 17.0. The monoisotopic (exact) mass is 337 g/mol. The average Bonchev–Trinajstić information content (AvgIpc) is 3.24. The van der Waals surface area contributed by atoms with Gasteiger partial charge in [-0.05, 0) is 18.4 Å². The molecule has 0 saturated carbocycles. The Labute approximate surface area is 147 Å². The van der Waals surface area contributed by atoms with Crippen LogP contribution in [-0.2, 0) is 13.1 Å². The summed E-state index contributed by atoms with van der Waals surface area (Å²) in [4.78, 5) is 20.0. The van der Waals surface area contributed by atoms with Crippen molar-refractivity contribution >= 4 is 5.91 Å². The molecule has 0 unspecified atom stereocenters. The first-order valence-corrected chi connectivity index (χ1v) is 8.44. The smallest absolute Gasteiger partial charge is 0.255 e. The molecule has 0 bridgehead atoms. The molecule has 130 valence electrons. The van der Waals surface area contributed by atoms with Crippen molar-refractivity contribution in [3.8, 4) is 11.4 Å². The van der Waals surface area contributed by atoms with Gasteiger partial charge in [0.2, 0.25) is 0 Å². The Morgan fingerprint density at radius 1 is 1.32 bits per heavy atom. The number of nitrogens with zero attached hydrogens (tertiary/aromatic N) is 3. The molecule has 2 aromatic heterocycles. The lowest BCUT2D eigenvalue weighted by molar-refractivity contribution is 0.0950. The second-order valence-corrected chi connectivity index (χ2v) is 6.50. The fourth-order valence-corrected chi connectivity index (χ4v) is 2.79. The third-order valence-electron chi connectivity index (χ3n) is 4.10. The zero-order valence-corrected chi connectivity index (χ0v) is 14.8. The van der Waals surface area contributed by atoms with Gasteiger partial charge >= 0.3 is 0 Å². The van der Waals surface area contributed by atoms with Crippen molar-refractivity contribution < 1.29 is 4.79 Å². The molecule has 0 radical (unpaired) electrons. The second kappa shape index (κ2) is 7.34. The Balaban J connectivity index is 1.73. The minimum atomic E-state index is -0.109. The molecule has 25 heavy (non-hydrogen) atoms. The summed E-state index contributed by atoms with van der Waals surface area (Å²) in [5.41, 5.74) is 3.51. The lowest BCUT2D eigenvalue weighted by Gasteiger charge is -2.10. The highest BCUT2D eigenvalue weighted by atomic mass is 16.1. The summed E-state index contributed by atoms with van der Waals surface area (Å²) in [6.07, 6.45) is 5.15. The van der Waals surface area contributed by atoms with Crippen LogP contribution < -0.4 is 5.32 Å². The Morgan fingerprint density at radius 3 is 2.84 bits per heavy atom. The average molecular weight is 337 g/mol. The SMILES string of the molecule is Cc1c(C(=O)NCc2ccccc2-c2ncc[nH]2)cnn1CC(C)C. The molecule has 0 aliphatic heterocycles. The quantitative estimate of drug-likeness (QED) is 0.725. The van der Waals surface area contributed by atoms with E-state index in [1.54, 1.807) is 18.6 Å². The molecule has 2 N–H and O–H groups in total. The molecular formula is C19H23N5O. The number of hydrogen-bond acceptors (Lipinski definition) is 3. The van der Waals surface area contributed by atoms with Gasteiger partial charge in [-0.1, -0.05) is 38.1 Å². The second-order valence-electron chi connectivity index (χ2n) is 6.50. The van der Waals surface area contributed by atoms with Crippen LogP contribution >= 0.6 is 0 Å². The number of imidazole rings is 1. The summed E-state index contributed by atoms with van der Waals surface area (Å²) in [5, 5.41) is 7.32. The van der Waals surface area contributed by atoms with Crippen LogP contribution in [0.15, 0.2) is 42.9 Å². The van der Waals surface area contributed by atoms with E-state index in [0.29, 0.717) is 18.0 Å². The van der Waals surface area contributed by atoms with Gasteiger partial charge in [-0.25, -0.2) is 4.98 Å². The molecular weight excluding hydrogens is 314 g/mol. The van der Waals surface area contributed by atoms with Gasteiger partial charge in [0.15, 0.2) is 0 Å². The Kier molecular flexibility index (Phi) is 4.97. The van der Waals surface area contributed by atoms with E-state index in [4.69, 9.17) is 0 Å². The molecule has 6 heteroatoms. The number of carbonyl (C=O) groups excluding carboxylic acids is 1. The van der Waals surface area contributed by atoms with Crippen LogP contribution in [0.4, 0.5) is 0 Å². The highest BCUT2D eigenvalue weighted by Crippen LogP contribution is 2.20. The summed E-state index contributed by atoms with van der Waals surface area (Å²) >= 11 is 0. The number of nitrogens with one attached hydrogen (secondary N) is 2. The molecule has 0 spiro atoms. The summed E-state index contributed by atoms with van der Waals surface area (Å²) in [6.45, 7) is 7.44. The lowest BCUT2D eigenvalue weighted by atomic mass is 10.1.